The molecule has 0 bridgehead atoms. The molecule has 0 fully saturated rings. The second kappa shape index (κ2) is 3.15. The molecule has 0 saturated carbocycles. The SMILES string of the molecule is Cc1ccc(CBr)nc1C. The lowest BCUT2D eigenvalue weighted by Gasteiger charge is -1.99. The van der Waals surface area contributed by atoms with E-state index in [1.54, 1.807) is 0 Å². The zero-order valence-corrected chi connectivity index (χ0v) is 7.77. The van der Waals surface area contributed by atoms with Gasteiger partial charge >= 0.3 is 0 Å². The van der Waals surface area contributed by atoms with E-state index in [4.69, 9.17) is 0 Å². The van der Waals surface area contributed by atoms with Crippen LogP contribution in [0.3, 0.4) is 0 Å². The molecule has 0 aliphatic heterocycles. The summed E-state index contributed by atoms with van der Waals surface area (Å²) >= 11 is 3.35. The predicted octanol–water partition coefficient (Wildman–Crippen LogP) is 2.59. The van der Waals surface area contributed by atoms with Gasteiger partial charge < -0.3 is 0 Å². The van der Waals surface area contributed by atoms with E-state index in [1.807, 2.05) is 13.0 Å². The van der Waals surface area contributed by atoms with E-state index in [0.29, 0.717) is 0 Å². The summed E-state index contributed by atoms with van der Waals surface area (Å²) in [6.07, 6.45) is 0. The summed E-state index contributed by atoms with van der Waals surface area (Å²) in [5, 5.41) is 0.841. The van der Waals surface area contributed by atoms with Crippen LogP contribution in [-0.2, 0) is 5.33 Å². The Bertz CT molecular complexity index is 233. The second-order valence-corrected chi connectivity index (χ2v) is 2.90. The highest BCUT2D eigenvalue weighted by molar-refractivity contribution is 9.08. The zero-order chi connectivity index (χ0) is 7.56. The number of aryl methyl sites for hydroxylation is 2. The molecule has 1 heterocycles. The lowest BCUT2D eigenvalue weighted by Crippen LogP contribution is -1.90. The first-order valence-electron chi connectivity index (χ1n) is 3.23. The molecule has 1 aromatic heterocycles. The average molecular weight is 200 g/mol. The summed E-state index contributed by atoms with van der Waals surface area (Å²) in [5.74, 6) is 0. The van der Waals surface area contributed by atoms with Crippen molar-refractivity contribution in [1.82, 2.24) is 4.98 Å². The van der Waals surface area contributed by atoms with Gasteiger partial charge in [0.2, 0.25) is 0 Å². The van der Waals surface area contributed by atoms with Gasteiger partial charge in [0.15, 0.2) is 0 Å². The van der Waals surface area contributed by atoms with Crippen molar-refractivity contribution >= 4 is 15.9 Å². The summed E-state index contributed by atoms with van der Waals surface area (Å²) in [4.78, 5) is 4.34. The Labute approximate surface area is 69.6 Å². The number of nitrogens with zero attached hydrogens (tertiary/aromatic N) is 1. The number of alkyl halides is 1. The maximum absolute atomic E-state index is 4.34. The topological polar surface area (TPSA) is 12.9 Å². The number of pyridine rings is 1. The fourth-order valence-corrected chi connectivity index (χ4v) is 1.07. The number of hydrogen-bond donors (Lipinski definition) is 0. The fraction of sp³-hybridized carbons (Fsp3) is 0.375. The highest BCUT2D eigenvalue weighted by atomic mass is 79.9. The smallest absolute Gasteiger partial charge is 0.0512 e. The van der Waals surface area contributed by atoms with Crippen LogP contribution in [0.1, 0.15) is 17.0 Å². The van der Waals surface area contributed by atoms with Crippen LogP contribution in [0.5, 0.6) is 0 Å². The molecule has 0 amide bonds. The normalized spacial score (nSPS) is 9.90. The van der Waals surface area contributed by atoms with Crippen molar-refractivity contribution in [1.29, 1.82) is 0 Å². The highest BCUT2D eigenvalue weighted by Crippen LogP contribution is 2.07. The van der Waals surface area contributed by atoms with Gasteiger partial charge in [-0.3, -0.25) is 4.98 Å². The lowest BCUT2D eigenvalue weighted by atomic mass is 10.2. The van der Waals surface area contributed by atoms with E-state index >= 15 is 0 Å². The third kappa shape index (κ3) is 1.57. The Morgan fingerprint density at radius 1 is 1.40 bits per heavy atom. The first kappa shape index (κ1) is 7.73. The van der Waals surface area contributed by atoms with Gasteiger partial charge in [-0.2, -0.15) is 0 Å². The van der Waals surface area contributed by atoms with E-state index in [-0.39, 0.29) is 0 Å². The molecule has 0 saturated heterocycles. The maximum atomic E-state index is 4.34. The minimum Gasteiger partial charge on any atom is -0.257 e. The molecule has 0 unspecified atom stereocenters. The quantitative estimate of drug-likeness (QED) is 0.635. The molecule has 0 N–H and O–H groups in total. The molecule has 10 heavy (non-hydrogen) atoms. The summed E-state index contributed by atoms with van der Waals surface area (Å²) in [6.45, 7) is 4.10. The van der Waals surface area contributed by atoms with Crippen LogP contribution in [0.4, 0.5) is 0 Å². The molecule has 1 aromatic rings. The number of hydrogen-bond acceptors (Lipinski definition) is 1. The number of halogens is 1. The van der Waals surface area contributed by atoms with Gasteiger partial charge in [0.1, 0.15) is 0 Å². The first-order valence-corrected chi connectivity index (χ1v) is 4.35. The van der Waals surface area contributed by atoms with Gasteiger partial charge in [0, 0.05) is 11.0 Å². The largest absolute Gasteiger partial charge is 0.257 e. The molecule has 0 aromatic carbocycles. The van der Waals surface area contributed by atoms with Gasteiger partial charge in [-0.05, 0) is 25.5 Å². The van der Waals surface area contributed by atoms with Gasteiger partial charge in [-0.25, -0.2) is 0 Å². The Morgan fingerprint density at radius 2 is 2.10 bits per heavy atom. The van der Waals surface area contributed by atoms with Crippen LogP contribution in [-0.4, -0.2) is 4.98 Å². The van der Waals surface area contributed by atoms with Crippen molar-refractivity contribution in [3.63, 3.8) is 0 Å². The molecule has 2 heteroatoms. The van der Waals surface area contributed by atoms with Crippen molar-refractivity contribution in [2.24, 2.45) is 0 Å². The minimum absolute atomic E-state index is 0.841. The summed E-state index contributed by atoms with van der Waals surface area (Å²) in [6, 6.07) is 4.13. The molecule has 1 nitrogen and oxygen atoms in total. The van der Waals surface area contributed by atoms with Gasteiger partial charge in [-0.1, -0.05) is 22.0 Å². The van der Waals surface area contributed by atoms with Crippen molar-refractivity contribution < 1.29 is 0 Å². The molecular weight excluding hydrogens is 190 g/mol. The average Bonchev–Trinajstić information content (AvgIpc) is 1.95. The summed E-state index contributed by atoms with van der Waals surface area (Å²) in [7, 11) is 0. The maximum Gasteiger partial charge on any atom is 0.0512 e. The van der Waals surface area contributed by atoms with E-state index < -0.39 is 0 Å². The molecule has 0 radical (unpaired) electrons. The van der Waals surface area contributed by atoms with E-state index in [2.05, 4.69) is 33.9 Å². The fourth-order valence-electron chi connectivity index (χ4n) is 0.757. The number of rotatable bonds is 1. The highest BCUT2D eigenvalue weighted by Gasteiger charge is 1.94. The summed E-state index contributed by atoms with van der Waals surface area (Å²) < 4.78 is 0. The van der Waals surface area contributed by atoms with Crippen molar-refractivity contribution in [3.05, 3.63) is 29.1 Å². The van der Waals surface area contributed by atoms with E-state index in [9.17, 15) is 0 Å². The van der Waals surface area contributed by atoms with Crippen molar-refractivity contribution in [3.8, 4) is 0 Å². The standard InChI is InChI=1S/C8H10BrN/c1-6-3-4-8(5-9)10-7(6)2/h3-4H,5H2,1-2H3. The Kier molecular flexibility index (Phi) is 2.44. The van der Waals surface area contributed by atoms with Crippen LogP contribution in [0, 0.1) is 13.8 Å². The second-order valence-electron chi connectivity index (χ2n) is 2.34. The van der Waals surface area contributed by atoms with Crippen LogP contribution in [0.15, 0.2) is 12.1 Å². The van der Waals surface area contributed by atoms with Crippen molar-refractivity contribution in [2.45, 2.75) is 19.2 Å². The van der Waals surface area contributed by atoms with E-state index in [1.165, 1.54) is 5.56 Å². The Morgan fingerprint density at radius 3 is 2.60 bits per heavy atom. The van der Waals surface area contributed by atoms with Gasteiger partial charge in [-0.15, -0.1) is 0 Å². The van der Waals surface area contributed by atoms with Crippen LogP contribution in [0.25, 0.3) is 0 Å². The molecule has 54 valence electrons. The monoisotopic (exact) mass is 199 g/mol. The third-order valence-corrected chi connectivity index (χ3v) is 2.12. The van der Waals surface area contributed by atoms with Crippen molar-refractivity contribution in [2.75, 3.05) is 0 Å². The number of aromatic nitrogens is 1. The zero-order valence-electron chi connectivity index (χ0n) is 6.19. The van der Waals surface area contributed by atoms with E-state index in [0.717, 1.165) is 16.7 Å². The molecule has 1 rings (SSSR count). The molecule has 0 spiro atoms. The molecule has 0 aliphatic rings. The van der Waals surface area contributed by atoms with Crippen LogP contribution in [0.2, 0.25) is 0 Å². The molecular formula is C8H10BrN. The third-order valence-electron chi connectivity index (χ3n) is 1.54. The summed E-state index contributed by atoms with van der Waals surface area (Å²) in [5.41, 5.74) is 3.48. The van der Waals surface area contributed by atoms with Crippen LogP contribution < -0.4 is 0 Å². The lowest BCUT2D eigenvalue weighted by molar-refractivity contribution is 1.08. The minimum atomic E-state index is 0.841. The molecule has 0 atom stereocenters. The van der Waals surface area contributed by atoms with Gasteiger partial charge in [0.05, 0.1) is 5.69 Å². The predicted molar refractivity (Wildman–Crippen MR) is 46.3 cm³/mol. The first-order chi connectivity index (χ1) is 4.74. The Hall–Kier alpha value is -0.370. The van der Waals surface area contributed by atoms with Crippen LogP contribution >= 0.6 is 15.9 Å². The van der Waals surface area contributed by atoms with Gasteiger partial charge in [0.25, 0.3) is 0 Å². The Balaban J connectivity index is 3.04. The molecule has 0 aliphatic carbocycles.